The number of furan rings is 1. The van der Waals surface area contributed by atoms with Crippen LogP contribution in [0.1, 0.15) is 16.4 Å². The van der Waals surface area contributed by atoms with Gasteiger partial charge in [0.05, 0.1) is 0 Å². The van der Waals surface area contributed by atoms with Crippen LogP contribution in [0.5, 0.6) is 0 Å². The number of H-pyrrole nitrogens is 1. The van der Waals surface area contributed by atoms with Crippen molar-refractivity contribution in [3.05, 3.63) is 66.2 Å². The highest BCUT2D eigenvalue weighted by Crippen LogP contribution is 2.21. The van der Waals surface area contributed by atoms with E-state index in [1.54, 1.807) is 6.07 Å². The summed E-state index contributed by atoms with van der Waals surface area (Å²) < 4.78 is 5.56. The first-order chi connectivity index (χ1) is 11.7. The van der Waals surface area contributed by atoms with Crippen LogP contribution in [0.15, 0.2) is 59.0 Å². The van der Waals surface area contributed by atoms with Gasteiger partial charge < -0.3 is 9.73 Å². The van der Waals surface area contributed by atoms with Crippen molar-refractivity contribution in [2.75, 3.05) is 5.32 Å². The number of rotatable bonds is 3. The van der Waals surface area contributed by atoms with E-state index in [2.05, 4.69) is 20.5 Å². The van der Waals surface area contributed by atoms with Crippen LogP contribution in [0.4, 0.5) is 5.69 Å². The maximum absolute atomic E-state index is 12.3. The topological polar surface area (TPSA) is 83.8 Å². The summed E-state index contributed by atoms with van der Waals surface area (Å²) in [5, 5.41) is 10.6. The Morgan fingerprint density at radius 2 is 1.92 bits per heavy atom. The Balaban J connectivity index is 1.53. The normalized spacial score (nSPS) is 10.9. The predicted molar refractivity (Wildman–Crippen MR) is 90.7 cm³/mol. The van der Waals surface area contributed by atoms with Gasteiger partial charge in [-0.2, -0.15) is 5.10 Å². The van der Waals surface area contributed by atoms with Crippen molar-refractivity contribution in [3.63, 3.8) is 0 Å². The molecule has 6 nitrogen and oxygen atoms in total. The molecule has 6 heteroatoms. The molecule has 1 amide bonds. The number of fused-ring (bicyclic) bond motifs is 1. The predicted octanol–water partition coefficient (Wildman–Crippen LogP) is 3.78. The number of benzene rings is 2. The fraction of sp³-hybridized carbons (Fsp3) is 0.0556. The SMILES string of the molecule is Cc1nc(-c2ccc(NC(=O)c3cc4ccccc4o3)cc2)n[nH]1. The maximum atomic E-state index is 12.3. The molecule has 24 heavy (non-hydrogen) atoms. The van der Waals surface area contributed by atoms with E-state index in [9.17, 15) is 4.79 Å². The Hall–Kier alpha value is -3.41. The van der Waals surface area contributed by atoms with Gasteiger partial charge in [-0.15, -0.1) is 0 Å². The molecule has 2 aromatic heterocycles. The van der Waals surface area contributed by atoms with Crippen molar-refractivity contribution in [1.29, 1.82) is 0 Å². The molecule has 0 fully saturated rings. The van der Waals surface area contributed by atoms with Crippen molar-refractivity contribution in [3.8, 4) is 11.4 Å². The lowest BCUT2D eigenvalue weighted by Gasteiger charge is -2.03. The quantitative estimate of drug-likeness (QED) is 0.602. The van der Waals surface area contributed by atoms with Crippen LogP contribution in [0.2, 0.25) is 0 Å². The molecule has 0 saturated carbocycles. The monoisotopic (exact) mass is 318 g/mol. The van der Waals surface area contributed by atoms with E-state index in [1.807, 2.05) is 55.5 Å². The van der Waals surface area contributed by atoms with E-state index in [4.69, 9.17) is 4.42 Å². The van der Waals surface area contributed by atoms with Crippen molar-refractivity contribution < 1.29 is 9.21 Å². The number of nitrogens with zero attached hydrogens (tertiary/aromatic N) is 2. The van der Waals surface area contributed by atoms with E-state index in [0.29, 0.717) is 17.1 Å². The number of hydrogen-bond donors (Lipinski definition) is 2. The Morgan fingerprint density at radius 3 is 2.62 bits per heavy atom. The maximum Gasteiger partial charge on any atom is 0.291 e. The standard InChI is InChI=1S/C18H14N4O2/c1-11-19-17(22-21-11)12-6-8-14(9-7-12)20-18(23)16-10-13-4-2-3-5-15(13)24-16/h2-10H,1H3,(H,20,23)(H,19,21,22). The molecule has 2 heterocycles. The highest BCUT2D eigenvalue weighted by atomic mass is 16.3. The Labute approximate surface area is 137 Å². The van der Waals surface area contributed by atoms with Crippen LogP contribution in [-0.2, 0) is 0 Å². The Bertz CT molecular complexity index is 982. The number of carbonyl (C=O) groups is 1. The minimum atomic E-state index is -0.285. The van der Waals surface area contributed by atoms with Crippen molar-refractivity contribution in [2.45, 2.75) is 6.92 Å². The summed E-state index contributed by atoms with van der Waals surface area (Å²) in [5.41, 5.74) is 2.25. The summed E-state index contributed by atoms with van der Waals surface area (Å²) in [6.07, 6.45) is 0. The molecule has 2 N–H and O–H groups in total. The van der Waals surface area contributed by atoms with Crippen LogP contribution in [-0.4, -0.2) is 21.1 Å². The van der Waals surface area contributed by atoms with Gasteiger partial charge in [-0.1, -0.05) is 18.2 Å². The zero-order chi connectivity index (χ0) is 16.5. The number of carbonyl (C=O) groups excluding carboxylic acids is 1. The number of para-hydroxylation sites is 1. The van der Waals surface area contributed by atoms with Crippen molar-refractivity contribution in [2.24, 2.45) is 0 Å². The average Bonchev–Trinajstić information content (AvgIpc) is 3.21. The van der Waals surface area contributed by atoms with Gasteiger partial charge in [0.15, 0.2) is 11.6 Å². The third-order valence-corrected chi connectivity index (χ3v) is 3.65. The van der Waals surface area contributed by atoms with Crippen molar-refractivity contribution >= 4 is 22.6 Å². The van der Waals surface area contributed by atoms with E-state index >= 15 is 0 Å². The van der Waals surface area contributed by atoms with Gasteiger partial charge >= 0.3 is 0 Å². The molecule has 118 valence electrons. The number of aromatic nitrogens is 3. The summed E-state index contributed by atoms with van der Waals surface area (Å²) >= 11 is 0. The molecule has 0 spiro atoms. The molecule has 2 aromatic carbocycles. The molecule has 0 aliphatic carbocycles. The molecule has 0 aliphatic heterocycles. The average molecular weight is 318 g/mol. The minimum absolute atomic E-state index is 0.282. The number of amides is 1. The summed E-state index contributed by atoms with van der Waals surface area (Å²) in [7, 11) is 0. The lowest BCUT2D eigenvalue weighted by Crippen LogP contribution is -2.10. The third kappa shape index (κ3) is 2.65. The second kappa shape index (κ2) is 5.66. The number of hydrogen-bond acceptors (Lipinski definition) is 4. The van der Waals surface area contributed by atoms with E-state index in [0.717, 1.165) is 16.8 Å². The second-order valence-corrected chi connectivity index (χ2v) is 5.42. The van der Waals surface area contributed by atoms with E-state index < -0.39 is 0 Å². The molecule has 0 unspecified atom stereocenters. The smallest absolute Gasteiger partial charge is 0.291 e. The van der Waals surface area contributed by atoms with E-state index in [1.165, 1.54) is 0 Å². The number of aromatic amines is 1. The molecule has 0 atom stereocenters. The molecular formula is C18H14N4O2. The summed E-state index contributed by atoms with van der Waals surface area (Å²) in [4.78, 5) is 16.6. The first-order valence-corrected chi connectivity index (χ1v) is 7.48. The largest absolute Gasteiger partial charge is 0.451 e. The minimum Gasteiger partial charge on any atom is -0.451 e. The molecule has 4 aromatic rings. The number of aryl methyl sites for hydroxylation is 1. The molecule has 0 radical (unpaired) electrons. The zero-order valence-electron chi connectivity index (χ0n) is 12.9. The fourth-order valence-corrected chi connectivity index (χ4v) is 2.46. The van der Waals surface area contributed by atoms with Crippen LogP contribution in [0.3, 0.4) is 0 Å². The third-order valence-electron chi connectivity index (χ3n) is 3.65. The number of nitrogens with one attached hydrogen (secondary N) is 2. The van der Waals surface area contributed by atoms with Gasteiger partial charge in [-0.3, -0.25) is 9.89 Å². The van der Waals surface area contributed by atoms with Gasteiger partial charge in [-0.25, -0.2) is 4.98 Å². The Kier molecular flexibility index (Phi) is 3.35. The molecule has 0 aliphatic rings. The Morgan fingerprint density at radius 1 is 1.12 bits per heavy atom. The van der Waals surface area contributed by atoms with Crippen LogP contribution in [0.25, 0.3) is 22.4 Å². The molecular weight excluding hydrogens is 304 g/mol. The van der Waals surface area contributed by atoms with Gasteiger partial charge in [-0.05, 0) is 43.3 Å². The van der Waals surface area contributed by atoms with Gasteiger partial charge in [0, 0.05) is 16.6 Å². The van der Waals surface area contributed by atoms with Crippen molar-refractivity contribution in [1.82, 2.24) is 15.2 Å². The second-order valence-electron chi connectivity index (χ2n) is 5.42. The molecule has 4 rings (SSSR count). The van der Waals surface area contributed by atoms with Gasteiger partial charge in [0.2, 0.25) is 0 Å². The first-order valence-electron chi connectivity index (χ1n) is 7.48. The van der Waals surface area contributed by atoms with E-state index in [-0.39, 0.29) is 11.7 Å². The number of anilines is 1. The highest BCUT2D eigenvalue weighted by molar-refractivity contribution is 6.04. The van der Waals surface area contributed by atoms with Gasteiger partial charge in [0.1, 0.15) is 11.4 Å². The fourth-order valence-electron chi connectivity index (χ4n) is 2.46. The van der Waals surface area contributed by atoms with Crippen LogP contribution in [0, 0.1) is 6.92 Å². The van der Waals surface area contributed by atoms with Crippen LogP contribution >= 0.6 is 0 Å². The molecule has 0 saturated heterocycles. The van der Waals surface area contributed by atoms with Gasteiger partial charge in [0.25, 0.3) is 5.91 Å². The highest BCUT2D eigenvalue weighted by Gasteiger charge is 2.12. The molecule has 0 bridgehead atoms. The summed E-state index contributed by atoms with van der Waals surface area (Å²) in [6, 6.07) is 16.6. The summed E-state index contributed by atoms with van der Waals surface area (Å²) in [6.45, 7) is 1.85. The lowest BCUT2D eigenvalue weighted by molar-refractivity contribution is 0.0998. The van der Waals surface area contributed by atoms with Crippen LogP contribution < -0.4 is 5.32 Å². The zero-order valence-corrected chi connectivity index (χ0v) is 12.9. The first kappa shape index (κ1) is 14.2. The summed E-state index contributed by atoms with van der Waals surface area (Å²) in [5.74, 6) is 1.38. The lowest BCUT2D eigenvalue weighted by atomic mass is 10.2.